The van der Waals surface area contributed by atoms with Crippen molar-refractivity contribution in [1.29, 1.82) is 0 Å². The van der Waals surface area contributed by atoms with Crippen LogP contribution in [0.1, 0.15) is 5.69 Å². The number of rotatable bonds is 6. The van der Waals surface area contributed by atoms with Gasteiger partial charge in [0.05, 0.1) is 18.2 Å². The lowest BCUT2D eigenvalue weighted by atomic mass is 10.1. The van der Waals surface area contributed by atoms with E-state index in [-0.39, 0.29) is 19.0 Å². The van der Waals surface area contributed by atoms with E-state index >= 15 is 0 Å². The second kappa shape index (κ2) is 8.00. The Labute approximate surface area is 156 Å². The fraction of sp³-hybridized carbons (Fsp3) is 0.250. The monoisotopic (exact) mass is 395 g/mol. The van der Waals surface area contributed by atoms with Crippen LogP contribution in [0.4, 0.5) is 5.69 Å². The Morgan fingerprint density at radius 1 is 1.23 bits per heavy atom. The summed E-state index contributed by atoms with van der Waals surface area (Å²) in [7, 11) is -3.85. The van der Waals surface area contributed by atoms with Crippen LogP contribution in [0.15, 0.2) is 48.7 Å². The predicted molar refractivity (Wildman–Crippen MR) is 98.5 cm³/mol. The Balaban J connectivity index is 1.66. The molecular formula is C16H18ClN5O3S. The van der Waals surface area contributed by atoms with Gasteiger partial charge in [0, 0.05) is 23.5 Å². The van der Waals surface area contributed by atoms with Gasteiger partial charge < -0.3 is 5.32 Å². The van der Waals surface area contributed by atoms with Crippen molar-refractivity contribution in [3.05, 3.63) is 59.4 Å². The van der Waals surface area contributed by atoms with Gasteiger partial charge in [0.2, 0.25) is 5.91 Å². The van der Waals surface area contributed by atoms with Crippen LogP contribution in [0.3, 0.4) is 0 Å². The number of carbonyl (C=O) groups excluding carboxylic acids is 1. The average Bonchev–Trinajstić information content (AvgIpc) is 3.13. The molecule has 1 saturated heterocycles. The number of nitrogens with zero attached hydrogens (tertiary/aromatic N) is 1. The van der Waals surface area contributed by atoms with Crippen LogP contribution >= 0.6 is 11.6 Å². The molecule has 3 rings (SSSR count). The first kappa shape index (κ1) is 18.6. The molecule has 0 saturated carbocycles. The number of pyridine rings is 1. The number of nitrogens with one attached hydrogen (secondary N) is 4. The second-order valence-corrected chi connectivity index (χ2v) is 7.98. The fourth-order valence-electron chi connectivity index (χ4n) is 2.56. The summed E-state index contributed by atoms with van der Waals surface area (Å²) in [5.74, 6) is -1.16. The van der Waals surface area contributed by atoms with Gasteiger partial charge in [0.15, 0.2) is 5.37 Å². The molecule has 0 radical (unpaired) electrons. The topological polar surface area (TPSA) is 112 Å². The third-order valence-electron chi connectivity index (χ3n) is 3.88. The van der Waals surface area contributed by atoms with E-state index in [4.69, 9.17) is 11.6 Å². The van der Waals surface area contributed by atoms with Gasteiger partial charge in [-0.15, -0.1) is 0 Å². The first-order chi connectivity index (χ1) is 12.5. The molecule has 4 N–H and O–H groups in total. The molecule has 1 aliphatic rings. The number of anilines is 1. The smallest absolute Gasteiger partial charge is 0.250 e. The summed E-state index contributed by atoms with van der Waals surface area (Å²) < 4.78 is 27.7. The number of aromatic nitrogens is 1. The number of carbonyl (C=O) groups is 1. The average molecular weight is 396 g/mol. The molecule has 0 spiro atoms. The van der Waals surface area contributed by atoms with Gasteiger partial charge in [-0.2, -0.15) is 0 Å². The number of sulfonamides is 1. The van der Waals surface area contributed by atoms with Crippen molar-refractivity contribution >= 4 is 33.2 Å². The molecule has 1 fully saturated rings. The Kier molecular flexibility index (Phi) is 5.72. The van der Waals surface area contributed by atoms with E-state index < -0.39 is 21.3 Å². The summed E-state index contributed by atoms with van der Waals surface area (Å²) in [6.45, 7) is 0.424. The van der Waals surface area contributed by atoms with Crippen molar-refractivity contribution < 1.29 is 13.2 Å². The maximum Gasteiger partial charge on any atom is 0.250 e. The number of hydrazine groups is 1. The van der Waals surface area contributed by atoms with E-state index in [2.05, 4.69) is 25.9 Å². The Morgan fingerprint density at radius 3 is 2.69 bits per heavy atom. The van der Waals surface area contributed by atoms with Gasteiger partial charge in [-0.1, -0.05) is 17.7 Å². The summed E-state index contributed by atoms with van der Waals surface area (Å²) in [5, 5.41) is 2.11. The largest absolute Gasteiger partial charge is 0.350 e. The molecule has 1 aromatic carbocycles. The third-order valence-corrected chi connectivity index (χ3v) is 5.76. The van der Waals surface area contributed by atoms with Crippen molar-refractivity contribution in [2.24, 2.45) is 5.92 Å². The lowest BCUT2D eigenvalue weighted by molar-refractivity contribution is -0.124. The van der Waals surface area contributed by atoms with Crippen LogP contribution in [0.5, 0.6) is 0 Å². The van der Waals surface area contributed by atoms with Crippen LogP contribution in [0.2, 0.25) is 5.02 Å². The molecule has 2 atom stereocenters. The second-order valence-electron chi connectivity index (χ2n) is 5.75. The van der Waals surface area contributed by atoms with Crippen LogP contribution in [0.25, 0.3) is 0 Å². The zero-order valence-electron chi connectivity index (χ0n) is 13.6. The number of halogens is 1. The zero-order chi connectivity index (χ0) is 18.6. The van der Waals surface area contributed by atoms with E-state index in [0.717, 1.165) is 0 Å². The van der Waals surface area contributed by atoms with Gasteiger partial charge in [-0.25, -0.2) is 13.8 Å². The zero-order valence-corrected chi connectivity index (χ0v) is 15.2. The molecule has 2 unspecified atom stereocenters. The molecule has 1 amide bonds. The molecular weight excluding hydrogens is 378 g/mol. The normalized spacial score (nSPS) is 19.9. The van der Waals surface area contributed by atoms with Crippen molar-refractivity contribution in [3.8, 4) is 0 Å². The van der Waals surface area contributed by atoms with Crippen molar-refractivity contribution in [2.75, 3.05) is 11.3 Å². The molecule has 2 heterocycles. The Morgan fingerprint density at radius 2 is 2.00 bits per heavy atom. The molecule has 1 aliphatic heterocycles. The quantitative estimate of drug-likeness (QED) is 0.576. The van der Waals surface area contributed by atoms with Crippen LogP contribution in [-0.4, -0.2) is 31.2 Å². The van der Waals surface area contributed by atoms with E-state index in [1.54, 1.807) is 42.6 Å². The van der Waals surface area contributed by atoms with Gasteiger partial charge >= 0.3 is 0 Å². The van der Waals surface area contributed by atoms with E-state index in [1.807, 2.05) is 6.07 Å². The van der Waals surface area contributed by atoms with Crippen LogP contribution < -0.4 is 20.9 Å². The van der Waals surface area contributed by atoms with E-state index in [1.165, 1.54) is 0 Å². The first-order valence-electron chi connectivity index (χ1n) is 7.89. The predicted octanol–water partition coefficient (Wildman–Crippen LogP) is 0.843. The van der Waals surface area contributed by atoms with Gasteiger partial charge in [0.1, 0.15) is 0 Å². The number of amides is 1. The molecule has 0 aliphatic carbocycles. The highest BCUT2D eigenvalue weighted by atomic mass is 35.5. The SMILES string of the molecule is O=C(NCc1ccccn1)C1CNNC1S(=O)(=O)Nc1ccc(Cl)cc1. The number of benzene rings is 1. The maximum atomic E-state index is 12.6. The molecule has 138 valence electrons. The molecule has 26 heavy (non-hydrogen) atoms. The number of hydrogen-bond acceptors (Lipinski definition) is 6. The standard InChI is InChI=1S/C16H18ClN5O3S/c17-11-4-6-12(7-5-11)22-26(24,25)16-14(10-20-21-16)15(23)19-9-13-3-1-2-8-18-13/h1-8,14,16,20-22H,9-10H2,(H,19,23). The summed E-state index contributed by atoms with van der Waals surface area (Å²) in [6.07, 6.45) is 1.63. The van der Waals surface area contributed by atoms with E-state index in [9.17, 15) is 13.2 Å². The minimum atomic E-state index is -3.85. The van der Waals surface area contributed by atoms with Gasteiger partial charge in [-0.05, 0) is 36.4 Å². The minimum Gasteiger partial charge on any atom is -0.350 e. The minimum absolute atomic E-state index is 0.195. The fourth-order valence-corrected chi connectivity index (χ4v) is 4.17. The highest BCUT2D eigenvalue weighted by Crippen LogP contribution is 2.20. The molecule has 10 heteroatoms. The van der Waals surface area contributed by atoms with Crippen molar-refractivity contribution in [1.82, 2.24) is 21.2 Å². The lowest BCUT2D eigenvalue weighted by Crippen LogP contribution is -2.46. The molecule has 1 aromatic heterocycles. The lowest BCUT2D eigenvalue weighted by Gasteiger charge is -2.19. The molecule has 2 aromatic rings. The van der Waals surface area contributed by atoms with Gasteiger partial charge in [-0.3, -0.25) is 19.9 Å². The van der Waals surface area contributed by atoms with Gasteiger partial charge in [0.25, 0.3) is 10.0 Å². The van der Waals surface area contributed by atoms with Crippen LogP contribution in [0, 0.1) is 5.92 Å². The summed E-state index contributed by atoms with van der Waals surface area (Å²) in [5.41, 5.74) is 6.45. The summed E-state index contributed by atoms with van der Waals surface area (Å²) in [4.78, 5) is 16.6. The van der Waals surface area contributed by atoms with Crippen LogP contribution in [-0.2, 0) is 21.4 Å². The maximum absolute atomic E-state index is 12.6. The Hall–Kier alpha value is -2.20. The highest BCUT2D eigenvalue weighted by Gasteiger charge is 2.41. The Bertz CT molecular complexity index is 861. The van der Waals surface area contributed by atoms with E-state index in [0.29, 0.717) is 16.4 Å². The summed E-state index contributed by atoms with van der Waals surface area (Å²) >= 11 is 5.80. The molecule has 0 bridgehead atoms. The first-order valence-corrected chi connectivity index (χ1v) is 9.81. The van der Waals surface area contributed by atoms with Crippen molar-refractivity contribution in [3.63, 3.8) is 0 Å². The van der Waals surface area contributed by atoms with Crippen molar-refractivity contribution in [2.45, 2.75) is 11.9 Å². The molecule has 8 nitrogen and oxygen atoms in total. The third kappa shape index (κ3) is 4.50. The summed E-state index contributed by atoms with van der Waals surface area (Å²) in [6, 6.07) is 11.6. The highest BCUT2D eigenvalue weighted by molar-refractivity contribution is 7.93. The number of hydrogen-bond donors (Lipinski definition) is 4.